The Bertz CT molecular complexity index is 430. The highest BCUT2D eigenvalue weighted by Crippen LogP contribution is 2.18. The Morgan fingerprint density at radius 1 is 1.43 bits per heavy atom. The molecule has 0 aliphatic heterocycles. The van der Waals surface area contributed by atoms with E-state index in [1.165, 1.54) is 18.3 Å². The van der Waals surface area contributed by atoms with Crippen LogP contribution < -0.4 is 15.8 Å². The number of alkyl halides is 3. The largest absolute Gasteiger partial charge is 0.468 e. The predicted octanol–water partition coefficient (Wildman–Crippen LogP) is 2.40. The number of halogens is 5. The van der Waals surface area contributed by atoms with E-state index in [0.29, 0.717) is 5.69 Å². The second-order valence-corrected chi connectivity index (χ2v) is 3.91. The molecule has 0 saturated heterocycles. The van der Waals surface area contributed by atoms with Gasteiger partial charge in [-0.05, 0) is 6.07 Å². The Morgan fingerprint density at radius 3 is 2.48 bits per heavy atom. The molecule has 5 nitrogen and oxygen atoms in total. The van der Waals surface area contributed by atoms with E-state index in [-0.39, 0.29) is 49.1 Å². The molecule has 0 fully saturated rings. The average molecular weight is 350 g/mol. The molecule has 0 aliphatic carbocycles. The number of hydrogen-bond acceptors (Lipinski definition) is 4. The number of rotatable bonds is 5. The zero-order chi connectivity index (χ0) is 14.5. The SMILES string of the molecule is CC(CN)C(=O)Nc1ccc(OCC(F)(F)F)nc1.Cl.Cl. The Labute approximate surface area is 132 Å². The lowest BCUT2D eigenvalue weighted by molar-refractivity contribution is -0.154. The van der Waals surface area contributed by atoms with Crippen LogP contribution in [0, 0.1) is 5.92 Å². The normalized spacial score (nSPS) is 11.7. The standard InChI is InChI=1S/C11H14F3N3O2.2ClH/c1-7(4-15)10(18)17-8-2-3-9(16-5-8)19-6-11(12,13)14;;/h2-3,5,7H,4,6,15H2,1H3,(H,17,18);2*1H. The van der Waals surface area contributed by atoms with Gasteiger partial charge in [-0.25, -0.2) is 4.98 Å². The fourth-order valence-electron chi connectivity index (χ4n) is 1.07. The minimum absolute atomic E-state index is 0. The van der Waals surface area contributed by atoms with Gasteiger partial charge in [0.1, 0.15) is 0 Å². The average Bonchev–Trinajstić information content (AvgIpc) is 2.36. The molecule has 0 bridgehead atoms. The van der Waals surface area contributed by atoms with Crippen LogP contribution in [-0.4, -0.2) is 30.2 Å². The van der Waals surface area contributed by atoms with Crippen molar-refractivity contribution in [2.45, 2.75) is 13.1 Å². The van der Waals surface area contributed by atoms with Gasteiger partial charge in [0, 0.05) is 18.5 Å². The molecule has 3 N–H and O–H groups in total. The van der Waals surface area contributed by atoms with Gasteiger partial charge in [-0.15, -0.1) is 24.8 Å². The number of nitrogens with one attached hydrogen (secondary N) is 1. The maximum Gasteiger partial charge on any atom is 0.422 e. The quantitative estimate of drug-likeness (QED) is 0.855. The van der Waals surface area contributed by atoms with E-state index < -0.39 is 12.8 Å². The number of amides is 1. The summed E-state index contributed by atoms with van der Waals surface area (Å²) >= 11 is 0. The third-order valence-corrected chi connectivity index (χ3v) is 2.19. The molecule has 0 aromatic carbocycles. The minimum Gasteiger partial charge on any atom is -0.468 e. The Kier molecular flexibility index (Phi) is 10.1. The molecule has 1 rings (SSSR count). The van der Waals surface area contributed by atoms with E-state index in [1.807, 2.05) is 0 Å². The van der Waals surface area contributed by atoms with Crippen molar-refractivity contribution in [3.63, 3.8) is 0 Å². The van der Waals surface area contributed by atoms with Crippen LogP contribution in [0.15, 0.2) is 18.3 Å². The number of carbonyl (C=O) groups is 1. The van der Waals surface area contributed by atoms with E-state index in [9.17, 15) is 18.0 Å². The molecule has 10 heteroatoms. The van der Waals surface area contributed by atoms with Gasteiger partial charge in [0.05, 0.1) is 11.9 Å². The Balaban J connectivity index is 0. The van der Waals surface area contributed by atoms with Crippen LogP contribution in [-0.2, 0) is 4.79 Å². The molecule has 1 unspecified atom stereocenters. The number of anilines is 1. The molecule has 0 aliphatic rings. The van der Waals surface area contributed by atoms with Crippen LogP contribution >= 0.6 is 24.8 Å². The summed E-state index contributed by atoms with van der Waals surface area (Å²) in [7, 11) is 0. The highest BCUT2D eigenvalue weighted by Gasteiger charge is 2.28. The van der Waals surface area contributed by atoms with Gasteiger partial charge in [0.2, 0.25) is 11.8 Å². The van der Waals surface area contributed by atoms with E-state index in [4.69, 9.17) is 5.73 Å². The van der Waals surface area contributed by atoms with Crippen LogP contribution in [0.5, 0.6) is 5.88 Å². The third-order valence-electron chi connectivity index (χ3n) is 2.19. The minimum atomic E-state index is -4.41. The Hall–Kier alpha value is -1.25. The van der Waals surface area contributed by atoms with Crippen molar-refractivity contribution in [1.82, 2.24) is 4.98 Å². The molecular weight excluding hydrogens is 334 g/mol. The zero-order valence-electron chi connectivity index (χ0n) is 11.0. The summed E-state index contributed by atoms with van der Waals surface area (Å²) in [5.74, 6) is -0.809. The zero-order valence-corrected chi connectivity index (χ0v) is 12.6. The van der Waals surface area contributed by atoms with Crippen molar-refractivity contribution >= 4 is 36.4 Å². The van der Waals surface area contributed by atoms with Gasteiger partial charge in [-0.2, -0.15) is 13.2 Å². The molecule has 21 heavy (non-hydrogen) atoms. The molecular formula is C11H16Cl2F3N3O2. The molecule has 1 aromatic heterocycles. The van der Waals surface area contributed by atoms with E-state index >= 15 is 0 Å². The van der Waals surface area contributed by atoms with Crippen molar-refractivity contribution in [1.29, 1.82) is 0 Å². The summed E-state index contributed by atoms with van der Waals surface area (Å²) < 4.78 is 40.1. The number of nitrogens with two attached hydrogens (primary N) is 1. The van der Waals surface area contributed by atoms with E-state index in [1.54, 1.807) is 6.92 Å². The lowest BCUT2D eigenvalue weighted by Gasteiger charge is -2.11. The van der Waals surface area contributed by atoms with Crippen LogP contribution in [0.4, 0.5) is 18.9 Å². The Morgan fingerprint density at radius 2 is 2.05 bits per heavy atom. The van der Waals surface area contributed by atoms with Gasteiger partial charge in [0.25, 0.3) is 0 Å². The molecule has 0 spiro atoms. The van der Waals surface area contributed by atoms with Crippen LogP contribution in [0.1, 0.15) is 6.92 Å². The second-order valence-electron chi connectivity index (χ2n) is 3.91. The molecule has 1 atom stereocenters. The third kappa shape index (κ3) is 8.59. The number of hydrogen-bond donors (Lipinski definition) is 2. The summed E-state index contributed by atoms with van der Waals surface area (Å²) in [6, 6.07) is 2.65. The first kappa shape index (κ1) is 22.0. The molecule has 122 valence electrons. The highest BCUT2D eigenvalue weighted by atomic mass is 35.5. The molecule has 0 saturated carbocycles. The summed E-state index contributed by atoms with van der Waals surface area (Å²) in [4.78, 5) is 15.1. The van der Waals surface area contributed by atoms with Crippen molar-refractivity contribution in [2.24, 2.45) is 11.7 Å². The maximum atomic E-state index is 11.9. The lowest BCUT2D eigenvalue weighted by Crippen LogP contribution is -2.26. The number of carbonyl (C=O) groups excluding carboxylic acids is 1. The lowest BCUT2D eigenvalue weighted by atomic mass is 10.1. The van der Waals surface area contributed by atoms with E-state index in [2.05, 4.69) is 15.0 Å². The fraction of sp³-hybridized carbons (Fsp3) is 0.455. The first-order valence-electron chi connectivity index (χ1n) is 5.48. The maximum absolute atomic E-state index is 11.9. The number of ether oxygens (including phenoxy) is 1. The number of nitrogens with zero attached hydrogens (tertiary/aromatic N) is 1. The smallest absolute Gasteiger partial charge is 0.422 e. The monoisotopic (exact) mass is 349 g/mol. The van der Waals surface area contributed by atoms with Crippen molar-refractivity contribution in [3.05, 3.63) is 18.3 Å². The van der Waals surface area contributed by atoms with Gasteiger partial charge in [-0.3, -0.25) is 4.79 Å². The summed E-state index contributed by atoms with van der Waals surface area (Å²) in [5, 5.41) is 2.53. The summed E-state index contributed by atoms with van der Waals surface area (Å²) in [6.45, 7) is 0.450. The van der Waals surface area contributed by atoms with Crippen molar-refractivity contribution in [2.75, 3.05) is 18.5 Å². The number of pyridine rings is 1. The highest BCUT2D eigenvalue weighted by molar-refractivity contribution is 5.92. The van der Waals surface area contributed by atoms with Crippen LogP contribution in [0.3, 0.4) is 0 Å². The number of aromatic nitrogens is 1. The van der Waals surface area contributed by atoms with Gasteiger partial charge < -0.3 is 15.8 Å². The van der Waals surface area contributed by atoms with Crippen LogP contribution in [0.25, 0.3) is 0 Å². The first-order valence-corrected chi connectivity index (χ1v) is 5.48. The fourth-order valence-corrected chi connectivity index (χ4v) is 1.07. The topological polar surface area (TPSA) is 77.2 Å². The van der Waals surface area contributed by atoms with E-state index in [0.717, 1.165) is 0 Å². The molecule has 1 amide bonds. The molecule has 1 aromatic rings. The van der Waals surface area contributed by atoms with Gasteiger partial charge in [0.15, 0.2) is 6.61 Å². The summed E-state index contributed by atoms with van der Waals surface area (Å²) in [5.41, 5.74) is 5.69. The van der Waals surface area contributed by atoms with Crippen molar-refractivity contribution in [3.8, 4) is 5.88 Å². The van der Waals surface area contributed by atoms with Gasteiger partial charge >= 0.3 is 6.18 Å². The molecule has 1 heterocycles. The second kappa shape index (κ2) is 9.64. The predicted molar refractivity (Wildman–Crippen MR) is 77.1 cm³/mol. The first-order chi connectivity index (χ1) is 8.81. The van der Waals surface area contributed by atoms with Crippen molar-refractivity contribution < 1.29 is 22.7 Å². The van der Waals surface area contributed by atoms with Gasteiger partial charge in [-0.1, -0.05) is 6.92 Å². The van der Waals surface area contributed by atoms with Crippen LogP contribution in [0.2, 0.25) is 0 Å². The molecule has 0 radical (unpaired) electrons. The summed E-state index contributed by atoms with van der Waals surface area (Å²) in [6.07, 6.45) is -3.20.